The molecule has 0 saturated carbocycles. The van der Waals surface area contributed by atoms with E-state index in [4.69, 9.17) is 9.47 Å². The molecule has 0 radical (unpaired) electrons. The number of ketones is 3. The summed E-state index contributed by atoms with van der Waals surface area (Å²) in [4.78, 5) is 72.8. The number of benzene rings is 6. The van der Waals surface area contributed by atoms with Gasteiger partial charge in [-0.1, -0.05) is 154 Å². The lowest BCUT2D eigenvalue weighted by atomic mass is 9.34. The van der Waals surface area contributed by atoms with E-state index in [0.29, 0.717) is 26.7 Å². The standard InChI is InChI=1S/C66H72Br4N2O9/c1-57(2,3)81-53-49(69)33-47-51(52(53)70)66(36-59(47,6)7)35-58(4,5)45-32-48(68)50(34-46(45)66)80-63(14,15)62(12,13)65(17,61(10,11)54(73)38-25-27-40(67)28-26-38)64(16,55(74)39-29-41(71(76)77)31-42(30-39)72(78)79)60(8,9)56(75)44-24-20-22-37-21-18-19-23-43(37)44/h18-34H,35-36H2,1-17H3. The zero-order chi connectivity index (χ0) is 60.6. The third-order valence-electron chi connectivity index (χ3n) is 19.5. The van der Waals surface area contributed by atoms with Crippen molar-refractivity contribution in [1.29, 1.82) is 0 Å². The number of halogens is 4. The molecule has 81 heavy (non-hydrogen) atoms. The SMILES string of the molecule is CC(C)(C)Oc1c(Br)cc2c(c1Br)C1(CC(C)(C)c3cc(Br)c(OC(C)(C)C(C)(C)C(C)(C(C)(C)C(=O)c4ccc(Br)cc4)C(C)(C(=O)c4cc([N+](=O)[O-])cc([N+](=O)[O-])c4)C(C)(C)C(=O)c4cccc5ccccc45)cc31)CC2(C)C. The van der Waals surface area contributed by atoms with Gasteiger partial charge in [-0.15, -0.1) is 0 Å². The highest BCUT2D eigenvalue weighted by Crippen LogP contribution is 2.72. The van der Waals surface area contributed by atoms with Crippen LogP contribution >= 0.6 is 63.7 Å². The van der Waals surface area contributed by atoms with E-state index in [9.17, 15) is 20.2 Å². The lowest BCUT2D eigenvalue weighted by molar-refractivity contribution is -0.394. The molecule has 11 nitrogen and oxygen atoms in total. The van der Waals surface area contributed by atoms with Gasteiger partial charge in [0.25, 0.3) is 11.4 Å². The van der Waals surface area contributed by atoms with Crippen molar-refractivity contribution >= 4 is 103 Å². The maximum atomic E-state index is 16.8. The molecule has 0 aliphatic heterocycles. The zero-order valence-electron chi connectivity index (χ0n) is 49.3. The van der Waals surface area contributed by atoms with Gasteiger partial charge in [0.05, 0.1) is 34.7 Å². The second-order valence-corrected chi connectivity index (χ2v) is 30.6. The molecule has 428 valence electrons. The highest BCUT2D eigenvalue weighted by Gasteiger charge is 2.74. The minimum atomic E-state index is -2.11. The molecule has 3 atom stereocenters. The van der Waals surface area contributed by atoms with Crippen LogP contribution in [-0.2, 0) is 16.2 Å². The van der Waals surface area contributed by atoms with Crippen LogP contribution in [0.25, 0.3) is 10.8 Å². The smallest absolute Gasteiger partial charge is 0.277 e. The van der Waals surface area contributed by atoms with Gasteiger partial charge in [0.2, 0.25) is 0 Å². The summed E-state index contributed by atoms with van der Waals surface area (Å²) in [5.74, 6) is -0.405. The summed E-state index contributed by atoms with van der Waals surface area (Å²) in [7, 11) is 0. The number of carbonyl (C=O) groups is 3. The second-order valence-electron chi connectivity index (χ2n) is 27.2. The number of carbonyl (C=O) groups excluding carboxylic acids is 3. The van der Waals surface area contributed by atoms with Crippen LogP contribution in [0.4, 0.5) is 11.4 Å². The summed E-state index contributed by atoms with van der Waals surface area (Å²) < 4.78 is 17.5. The quantitative estimate of drug-likeness (QED) is 0.0523. The van der Waals surface area contributed by atoms with Crippen molar-refractivity contribution in [2.45, 2.75) is 158 Å². The Bertz CT molecular complexity index is 3610. The maximum Gasteiger partial charge on any atom is 0.277 e. The number of fused-ring (bicyclic) bond motifs is 5. The number of hydrogen-bond acceptors (Lipinski definition) is 9. The van der Waals surface area contributed by atoms with Gasteiger partial charge in [-0.3, -0.25) is 34.6 Å². The Morgan fingerprint density at radius 3 is 1.64 bits per heavy atom. The predicted octanol–water partition coefficient (Wildman–Crippen LogP) is 19.4. The number of Topliss-reactive ketones (excluding diaryl/α,β-unsaturated/α-hetero) is 3. The molecule has 6 aromatic rings. The first-order chi connectivity index (χ1) is 37.1. The van der Waals surface area contributed by atoms with Crippen LogP contribution in [0.1, 0.15) is 184 Å². The Kier molecular flexibility index (Phi) is 15.5. The summed E-state index contributed by atoms with van der Waals surface area (Å²) >= 11 is 15.5. The Morgan fingerprint density at radius 1 is 0.556 bits per heavy atom. The van der Waals surface area contributed by atoms with E-state index in [-0.39, 0.29) is 22.2 Å². The first-order valence-electron chi connectivity index (χ1n) is 27.1. The van der Waals surface area contributed by atoms with E-state index in [1.54, 1.807) is 71.0 Å². The number of nitro benzene ring substituents is 2. The van der Waals surface area contributed by atoms with Crippen molar-refractivity contribution in [3.8, 4) is 11.5 Å². The molecule has 3 unspecified atom stereocenters. The van der Waals surface area contributed by atoms with Gasteiger partial charge in [-0.2, -0.15) is 0 Å². The number of non-ortho nitro benzene ring substituents is 2. The molecular weight excluding hydrogens is 1280 g/mol. The average molecular weight is 1360 g/mol. The molecule has 2 aliphatic carbocycles. The highest BCUT2D eigenvalue weighted by atomic mass is 79.9. The molecule has 6 aromatic carbocycles. The van der Waals surface area contributed by atoms with E-state index in [1.807, 2.05) is 85.7 Å². The van der Waals surface area contributed by atoms with Gasteiger partial charge in [-0.05, 0) is 169 Å². The van der Waals surface area contributed by atoms with Gasteiger partial charge in [0.1, 0.15) is 22.7 Å². The maximum absolute atomic E-state index is 16.8. The van der Waals surface area contributed by atoms with Crippen LogP contribution in [0.5, 0.6) is 11.5 Å². The molecule has 8 rings (SSSR count). The van der Waals surface area contributed by atoms with Crippen molar-refractivity contribution in [3.63, 3.8) is 0 Å². The van der Waals surface area contributed by atoms with Crippen molar-refractivity contribution in [2.75, 3.05) is 0 Å². The van der Waals surface area contributed by atoms with Crippen LogP contribution in [0.15, 0.2) is 121 Å². The normalized spacial score (nSPS) is 18.4. The first kappa shape index (κ1) is 62.0. The van der Waals surface area contributed by atoms with Crippen LogP contribution in [-0.4, -0.2) is 38.4 Å². The van der Waals surface area contributed by atoms with Gasteiger partial charge >= 0.3 is 0 Å². The number of rotatable bonds is 16. The number of nitrogens with zero attached hydrogens (tertiary/aromatic N) is 2. The zero-order valence-corrected chi connectivity index (χ0v) is 55.7. The molecule has 0 saturated heterocycles. The monoisotopic (exact) mass is 1350 g/mol. The fraction of sp³-hybridized carbons (Fsp3) is 0.439. The predicted molar refractivity (Wildman–Crippen MR) is 336 cm³/mol. The Hall–Kier alpha value is -5.09. The number of ether oxygens (including phenoxy) is 2. The van der Waals surface area contributed by atoms with E-state index >= 15 is 14.4 Å². The molecule has 1 spiro atoms. The molecular formula is C66H72Br4N2O9. The summed E-state index contributed by atoms with van der Waals surface area (Å²) in [5.41, 5.74) is -8.23. The highest BCUT2D eigenvalue weighted by molar-refractivity contribution is 9.11. The minimum Gasteiger partial charge on any atom is -0.486 e. The van der Waals surface area contributed by atoms with Gasteiger partial charge in [-0.25, -0.2) is 0 Å². The van der Waals surface area contributed by atoms with Gasteiger partial charge < -0.3 is 9.47 Å². The van der Waals surface area contributed by atoms with Crippen molar-refractivity contribution in [3.05, 3.63) is 180 Å². The Labute approximate surface area is 509 Å². The fourth-order valence-electron chi connectivity index (χ4n) is 14.4. The summed E-state index contributed by atoms with van der Waals surface area (Å²) in [6.07, 6.45) is 1.57. The summed E-state index contributed by atoms with van der Waals surface area (Å²) in [6.45, 7) is 33.3. The van der Waals surface area contributed by atoms with Crippen molar-refractivity contribution in [2.24, 2.45) is 27.1 Å². The van der Waals surface area contributed by atoms with Crippen LogP contribution in [0.2, 0.25) is 0 Å². The summed E-state index contributed by atoms with van der Waals surface area (Å²) in [5, 5.41) is 26.7. The molecule has 0 heterocycles. The van der Waals surface area contributed by atoms with E-state index in [2.05, 4.69) is 110 Å². The molecule has 2 aliphatic rings. The van der Waals surface area contributed by atoms with E-state index < -0.39 is 76.5 Å². The molecule has 0 N–H and O–H groups in total. The lowest BCUT2D eigenvalue weighted by Crippen LogP contribution is -2.71. The minimum absolute atomic E-state index is 0.269. The van der Waals surface area contributed by atoms with E-state index in [1.165, 1.54) is 5.56 Å². The third-order valence-corrected chi connectivity index (χ3v) is 22.0. The first-order valence-corrected chi connectivity index (χ1v) is 30.3. The molecule has 0 fully saturated rings. The third kappa shape index (κ3) is 9.67. The average Bonchev–Trinajstić information content (AvgIpc) is 3.94. The van der Waals surface area contributed by atoms with Gasteiger partial charge in [0.15, 0.2) is 17.3 Å². The topological polar surface area (TPSA) is 156 Å². The van der Waals surface area contributed by atoms with Gasteiger partial charge in [0, 0.05) is 60.4 Å². The molecule has 0 aromatic heterocycles. The van der Waals surface area contributed by atoms with E-state index in [0.717, 1.165) is 72.3 Å². The number of hydrogen-bond donors (Lipinski definition) is 0. The Morgan fingerprint density at radius 2 is 1.09 bits per heavy atom. The summed E-state index contributed by atoms with van der Waals surface area (Å²) in [6, 6.07) is 29.1. The molecule has 0 bridgehead atoms. The largest absolute Gasteiger partial charge is 0.486 e. The Balaban J connectivity index is 1.42. The van der Waals surface area contributed by atoms with Crippen LogP contribution < -0.4 is 9.47 Å². The van der Waals surface area contributed by atoms with Crippen LogP contribution in [0.3, 0.4) is 0 Å². The molecule has 0 amide bonds. The lowest BCUT2D eigenvalue weighted by Gasteiger charge is -2.68. The fourth-order valence-corrected chi connectivity index (χ4v) is 16.8. The molecule has 15 heteroatoms. The second kappa shape index (κ2) is 20.3. The van der Waals surface area contributed by atoms with Crippen molar-refractivity contribution < 1.29 is 33.7 Å². The van der Waals surface area contributed by atoms with Crippen molar-refractivity contribution in [1.82, 2.24) is 0 Å². The number of nitro groups is 2. The van der Waals surface area contributed by atoms with Crippen LogP contribution in [0, 0.1) is 47.3 Å².